The maximum Gasteiger partial charge on any atom is 0.161 e. The Morgan fingerprint density at radius 3 is 2.35 bits per heavy atom. The average molecular weight is 268 g/mol. The number of nitrogens with two attached hydrogens (primary N) is 1. The lowest BCUT2D eigenvalue weighted by molar-refractivity contribution is 0.284. The molecule has 2 N–H and O–H groups in total. The fraction of sp³-hybridized carbons (Fsp3) is 0.188. The molecule has 0 atom stereocenters. The highest BCUT2D eigenvalue weighted by molar-refractivity contribution is 5.43. The molecule has 4 nitrogen and oxygen atoms in total. The van der Waals surface area contributed by atoms with E-state index < -0.39 is 0 Å². The van der Waals surface area contributed by atoms with Crippen LogP contribution in [0.1, 0.15) is 16.7 Å². The molecule has 0 bridgehead atoms. The monoisotopic (exact) mass is 268 g/mol. The molecular formula is C16H16N2O2. The van der Waals surface area contributed by atoms with E-state index in [9.17, 15) is 0 Å². The van der Waals surface area contributed by atoms with Crippen LogP contribution in [0.2, 0.25) is 0 Å². The molecule has 0 heterocycles. The van der Waals surface area contributed by atoms with Gasteiger partial charge < -0.3 is 15.2 Å². The van der Waals surface area contributed by atoms with Crippen molar-refractivity contribution < 1.29 is 9.47 Å². The molecule has 2 aromatic carbocycles. The Morgan fingerprint density at radius 1 is 1.05 bits per heavy atom. The maximum atomic E-state index is 8.75. The average Bonchev–Trinajstić information content (AvgIpc) is 2.53. The second kappa shape index (κ2) is 6.60. The minimum atomic E-state index is 0.421. The molecule has 0 saturated heterocycles. The Balaban J connectivity index is 2.08. The van der Waals surface area contributed by atoms with Crippen molar-refractivity contribution in [1.29, 1.82) is 5.26 Å². The molecule has 4 heteroatoms. The van der Waals surface area contributed by atoms with Crippen molar-refractivity contribution in [3.8, 4) is 17.6 Å². The van der Waals surface area contributed by atoms with Crippen molar-refractivity contribution in [1.82, 2.24) is 0 Å². The van der Waals surface area contributed by atoms with Gasteiger partial charge in [0.25, 0.3) is 0 Å². The normalized spacial score (nSPS) is 9.85. The predicted molar refractivity (Wildman–Crippen MR) is 76.4 cm³/mol. The lowest BCUT2D eigenvalue weighted by Crippen LogP contribution is -2.00. The molecule has 0 aliphatic rings. The number of hydrogen-bond donors (Lipinski definition) is 1. The molecule has 102 valence electrons. The van der Waals surface area contributed by atoms with E-state index in [0.29, 0.717) is 30.2 Å². The summed E-state index contributed by atoms with van der Waals surface area (Å²) >= 11 is 0. The molecule has 0 radical (unpaired) electrons. The van der Waals surface area contributed by atoms with Gasteiger partial charge in [0.1, 0.15) is 6.61 Å². The number of nitriles is 1. The van der Waals surface area contributed by atoms with Crippen LogP contribution in [0.25, 0.3) is 0 Å². The van der Waals surface area contributed by atoms with Crippen LogP contribution in [-0.2, 0) is 13.2 Å². The van der Waals surface area contributed by atoms with E-state index in [2.05, 4.69) is 6.07 Å². The summed E-state index contributed by atoms with van der Waals surface area (Å²) in [6.07, 6.45) is 0. The number of ether oxygens (including phenoxy) is 2. The number of rotatable bonds is 5. The van der Waals surface area contributed by atoms with Gasteiger partial charge in [-0.2, -0.15) is 5.26 Å². The van der Waals surface area contributed by atoms with Crippen LogP contribution in [0, 0.1) is 11.3 Å². The van der Waals surface area contributed by atoms with E-state index >= 15 is 0 Å². The first-order valence-corrected chi connectivity index (χ1v) is 6.25. The standard InChI is InChI=1S/C16H16N2O2/c1-19-16-8-14(10-18)6-7-15(16)20-11-13-4-2-12(9-17)3-5-13/h2-8H,10-11,18H2,1H3. The zero-order chi connectivity index (χ0) is 14.4. The first-order chi connectivity index (χ1) is 9.76. The topological polar surface area (TPSA) is 68.3 Å². The molecule has 0 fully saturated rings. The second-order valence-corrected chi connectivity index (χ2v) is 4.29. The summed E-state index contributed by atoms with van der Waals surface area (Å²) in [6.45, 7) is 0.885. The van der Waals surface area contributed by atoms with Gasteiger partial charge in [-0.15, -0.1) is 0 Å². The summed E-state index contributed by atoms with van der Waals surface area (Å²) in [6, 6.07) is 15.0. The minimum Gasteiger partial charge on any atom is -0.493 e. The van der Waals surface area contributed by atoms with Crippen molar-refractivity contribution in [2.75, 3.05) is 7.11 Å². The number of benzene rings is 2. The molecular weight excluding hydrogens is 252 g/mol. The quantitative estimate of drug-likeness (QED) is 0.905. The number of hydrogen-bond acceptors (Lipinski definition) is 4. The summed E-state index contributed by atoms with van der Waals surface area (Å²) in [4.78, 5) is 0. The van der Waals surface area contributed by atoms with Crippen molar-refractivity contribution in [2.45, 2.75) is 13.2 Å². The zero-order valence-electron chi connectivity index (χ0n) is 11.3. The van der Waals surface area contributed by atoms with Crippen LogP contribution in [0.5, 0.6) is 11.5 Å². The van der Waals surface area contributed by atoms with Gasteiger partial charge in [0.2, 0.25) is 0 Å². The van der Waals surface area contributed by atoms with Crippen LogP contribution in [0.15, 0.2) is 42.5 Å². The van der Waals surface area contributed by atoms with E-state index in [0.717, 1.165) is 11.1 Å². The van der Waals surface area contributed by atoms with E-state index in [1.165, 1.54) is 0 Å². The van der Waals surface area contributed by atoms with Crippen LogP contribution >= 0.6 is 0 Å². The molecule has 0 aromatic heterocycles. The first kappa shape index (κ1) is 13.9. The summed E-state index contributed by atoms with van der Waals surface area (Å²) in [5.74, 6) is 1.34. The fourth-order valence-electron chi connectivity index (χ4n) is 1.79. The van der Waals surface area contributed by atoms with Crippen molar-refractivity contribution in [3.05, 3.63) is 59.2 Å². The van der Waals surface area contributed by atoms with Crippen LogP contribution in [0.3, 0.4) is 0 Å². The Kier molecular flexibility index (Phi) is 4.59. The van der Waals surface area contributed by atoms with Gasteiger partial charge in [-0.25, -0.2) is 0 Å². The van der Waals surface area contributed by atoms with Gasteiger partial charge in [-0.1, -0.05) is 18.2 Å². The smallest absolute Gasteiger partial charge is 0.161 e. The number of methoxy groups -OCH3 is 1. The molecule has 0 saturated carbocycles. The maximum absolute atomic E-state index is 8.75. The molecule has 0 aliphatic carbocycles. The van der Waals surface area contributed by atoms with E-state index in [4.69, 9.17) is 20.5 Å². The summed E-state index contributed by atoms with van der Waals surface area (Å²) in [5, 5.41) is 8.75. The largest absolute Gasteiger partial charge is 0.493 e. The Hall–Kier alpha value is -2.51. The Labute approximate surface area is 118 Å². The first-order valence-electron chi connectivity index (χ1n) is 6.25. The second-order valence-electron chi connectivity index (χ2n) is 4.29. The van der Waals surface area contributed by atoms with Crippen molar-refractivity contribution in [3.63, 3.8) is 0 Å². The van der Waals surface area contributed by atoms with Crippen LogP contribution < -0.4 is 15.2 Å². The van der Waals surface area contributed by atoms with Crippen molar-refractivity contribution in [2.24, 2.45) is 5.73 Å². The van der Waals surface area contributed by atoms with Crippen molar-refractivity contribution >= 4 is 0 Å². The molecule has 0 spiro atoms. The SMILES string of the molecule is COc1cc(CN)ccc1OCc1ccc(C#N)cc1. The van der Waals surface area contributed by atoms with E-state index in [1.54, 1.807) is 19.2 Å². The molecule has 0 amide bonds. The Bertz CT molecular complexity index is 615. The third kappa shape index (κ3) is 3.28. The molecule has 2 rings (SSSR count). The zero-order valence-corrected chi connectivity index (χ0v) is 11.3. The highest BCUT2D eigenvalue weighted by Crippen LogP contribution is 2.28. The molecule has 0 aliphatic heterocycles. The summed E-state index contributed by atoms with van der Waals surface area (Å²) in [5.41, 5.74) is 8.22. The highest BCUT2D eigenvalue weighted by Gasteiger charge is 2.05. The summed E-state index contributed by atoms with van der Waals surface area (Å²) < 4.78 is 11.0. The molecule has 2 aromatic rings. The van der Waals surface area contributed by atoms with Gasteiger partial charge >= 0.3 is 0 Å². The van der Waals surface area contributed by atoms with Crippen LogP contribution in [-0.4, -0.2) is 7.11 Å². The Morgan fingerprint density at radius 2 is 1.75 bits per heavy atom. The number of nitrogens with zero attached hydrogens (tertiary/aromatic N) is 1. The van der Waals surface area contributed by atoms with Gasteiger partial charge in [0.05, 0.1) is 18.7 Å². The highest BCUT2D eigenvalue weighted by atomic mass is 16.5. The molecule has 20 heavy (non-hydrogen) atoms. The third-order valence-corrected chi connectivity index (χ3v) is 2.94. The van der Waals surface area contributed by atoms with E-state index in [1.807, 2.05) is 30.3 Å². The van der Waals surface area contributed by atoms with Crippen LogP contribution in [0.4, 0.5) is 0 Å². The third-order valence-electron chi connectivity index (χ3n) is 2.94. The summed E-state index contributed by atoms with van der Waals surface area (Å²) in [7, 11) is 1.60. The fourth-order valence-corrected chi connectivity index (χ4v) is 1.79. The van der Waals surface area contributed by atoms with Gasteiger partial charge in [-0.05, 0) is 35.4 Å². The van der Waals surface area contributed by atoms with Gasteiger partial charge in [0.15, 0.2) is 11.5 Å². The van der Waals surface area contributed by atoms with Gasteiger partial charge in [-0.3, -0.25) is 0 Å². The lowest BCUT2D eigenvalue weighted by Gasteiger charge is -2.12. The molecule has 0 unspecified atom stereocenters. The predicted octanol–water partition coefficient (Wildman–Crippen LogP) is 2.60. The van der Waals surface area contributed by atoms with Gasteiger partial charge in [0, 0.05) is 6.54 Å². The lowest BCUT2D eigenvalue weighted by atomic mass is 10.1. The minimum absolute atomic E-state index is 0.421. The van der Waals surface area contributed by atoms with E-state index in [-0.39, 0.29) is 0 Å².